The molecular weight excluding hydrogens is 283 g/mol. The Morgan fingerprint density at radius 3 is 2.57 bits per heavy atom. The van der Waals surface area contributed by atoms with Crippen molar-refractivity contribution in [2.24, 2.45) is 0 Å². The van der Waals surface area contributed by atoms with Gasteiger partial charge < -0.3 is 15.5 Å². The molecule has 1 atom stereocenters. The highest BCUT2D eigenvalue weighted by Crippen LogP contribution is 2.35. The van der Waals surface area contributed by atoms with E-state index in [2.05, 4.69) is 4.90 Å². The summed E-state index contributed by atoms with van der Waals surface area (Å²) in [5.74, 6) is -0.445. The van der Waals surface area contributed by atoms with Gasteiger partial charge in [0, 0.05) is 25.7 Å². The summed E-state index contributed by atoms with van der Waals surface area (Å²) < 4.78 is 38.6. The van der Waals surface area contributed by atoms with E-state index < -0.39 is 23.3 Å². The van der Waals surface area contributed by atoms with Crippen molar-refractivity contribution in [3.05, 3.63) is 29.3 Å². The zero-order chi connectivity index (χ0) is 15.8. The Bertz CT molecular complexity index is 545. The lowest BCUT2D eigenvalue weighted by atomic mass is 10.0. The van der Waals surface area contributed by atoms with E-state index in [1.807, 2.05) is 14.0 Å². The topological polar surface area (TPSA) is 49.6 Å². The summed E-state index contributed by atoms with van der Waals surface area (Å²) in [6.07, 6.45) is -4.56. The molecule has 1 aromatic rings. The first-order valence-electron chi connectivity index (χ1n) is 6.67. The molecule has 4 nitrogen and oxygen atoms in total. The number of hydrogen-bond donors (Lipinski definition) is 1. The monoisotopic (exact) mass is 301 g/mol. The van der Waals surface area contributed by atoms with Crippen molar-refractivity contribution >= 4 is 11.6 Å². The van der Waals surface area contributed by atoms with Gasteiger partial charge in [-0.2, -0.15) is 13.2 Å². The second-order valence-electron chi connectivity index (χ2n) is 5.37. The van der Waals surface area contributed by atoms with Gasteiger partial charge >= 0.3 is 6.18 Å². The number of likely N-dealkylation sites (N-methyl/N-ethyl adjacent to an activating group) is 1. The lowest BCUT2D eigenvalue weighted by Crippen LogP contribution is -2.52. The van der Waals surface area contributed by atoms with Gasteiger partial charge in [0.1, 0.15) is 0 Å². The molecular formula is C14H18F3N3O. The quantitative estimate of drug-likeness (QED) is 0.808. The zero-order valence-corrected chi connectivity index (χ0v) is 11.9. The molecule has 2 N–H and O–H groups in total. The van der Waals surface area contributed by atoms with E-state index in [0.717, 1.165) is 6.07 Å². The number of carbonyl (C=O) groups is 1. The maximum absolute atomic E-state index is 12.9. The van der Waals surface area contributed by atoms with E-state index >= 15 is 0 Å². The summed E-state index contributed by atoms with van der Waals surface area (Å²) in [7, 11) is 1.94. The van der Waals surface area contributed by atoms with Crippen molar-refractivity contribution in [1.29, 1.82) is 0 Å². The van der Waals surface area contributed by atoms with E-state index in [9.17, 15) is 18.0 Å². The third-order valence-electron chi connectivity index (χ3n) is 3.73. The second-order valence-corrected chi connectivity index (χ2v) is 5.37. The number of nitrogens with two attached hydrogens (primary N) is 1. The third kappa shape index (κ3) is 3.12. The first kappa shape index (κ1) is 15.6. The minimum absolute atomic E-state index is 0.0646. The highest BCUT2D eigenvalue weighted by atomic mass is 19.4. The van der Waals surface area contributed by atoms with Crippen LogP contribution < -0.4 is 5.73 Å². The summed E-state index contributed by atoms with van der Waals surface area (Å²) in [4.78, 5) is 16.1. The number of anilines is 1. The van der Waals surface area contributed by atoms with Crippen molar-refractivity contribution in [2.75, 3.05) is 32.4 Å². The van der Waals surface area contributed by atoms with E-state index in [4.69, 9.17) is 5.73 Å². The molecule has 0 saturated carbocycles. The number of hydrogen-bond acceptors (Lipinski definition) is 3. The molecule has 2 rings (SSSR count). The van der Waals surface area contributed by atoms with Crippen LogP contribution in [0.15, 0.2) is 18.2 Å². The third-order valence-corrected chi connectivity index (χ3v) is 3.73. The van der Waals surface area contributed by atoms with Gasteiger partial charge in [-0.15, -0.1) is 0 Å². The SMILES string of the molecule is CC1CN(C)CCN1C(=O)c1cccc(C(F)(F)F)c1N. The van der Waals surface area contributed by atoms with E-state index in [1.54, 1.807) is 4.90 Å². The average Bonchev–Trinajstić information content (AvgIpc) is 2.37. The normalized spacial score (nSPS) is 20.6. The van der Waals surface area contributed by atoms with Crippen molar-refractivity contribution in [3.63, 3.8) is 0 Å². The number of halogens is 3. The van der Waals surface area contributed by atoms with Gasteiger partial charge in [-0.1, -0.05) is 6.07 Å². The number of nitrogen functional groups attached to an aromatic ring is 1. The van der Waals surface area contributed by atoms with Crippen LogP contribution in [-0.2, 0) is 6.18 Å². The number of nitrogens with zero attached hydrogens (tertiary/aromatic N) is 2. The Labute approximate surface area is 121 Å². The van der Waals surface area contributed by atoms with Crippen LogP contribution in [0.1, 0.15) is 22.8 Å². The van der Waals surface area contributed by atoms with Crippen LogP contribution in [0.2, 0.25) is 0 Å². The van der Waals surface area contributed by atoms with E-state index in [1.165, 1.54) is 12.1 Å². The van der Waals surface area contributed by atoms with Gasteiger partial charge in [0.15, 0.2) is 0 Å². The molecule has 1 heterocycles. The molecule has 0 radical (unpaired) electrons. The Balaban J connectivity index is 2.32. The number of benzene rings is 1. The number of alkyl halides is 3. The van der Waals surface area contributed by atoms with Crippen LogP contribution in [-0.4, -0.2) is 48.4 Å². The summed E-state index contributed by atoms with van der Waals surface area (Å²) in [6, 6.07) is 3.38. The predicted molar refractivity (Wildman–Crippen MR) is 73.9 cm³/mol. The van der Waals surface area contributed by atoms with E-state index in [-0.39, 0.29) is 11.6 Å². The molecule has 21 heavy (non-hydrogen) atoms. The average molecular weight is 301 g/mol. The summed E-state index contributed by atoms with van der Waals surface area (Å²) in [5, 5.41) is 0. The summed E-state index contributed by atoms with van der Waals surface area (Å²) in [5.41, 5.74) is 4.03. The summed E-state index contributed by atoms with van der Waals surface area (Å²) >= 11 is 0. The van der Waals surface area contributed by atoms with Crippen LogP contribution in [0.5, 0.6) is 0 Å². The molecule has 1 aliphatic rings. The van der Waals surface area contributed by atoms with Crippen LogP contribution in [0, 0.1) is 0 Å². The molecule has 116 valence electrons. The van der Waals surface area contributed by atoms with E-state index in [0.29, 0.717) is 19.6 Å². The minimum Gasteiger partial charge on any atom is -0.398 e. The van der Waals surface area contributed by atoms with Crippen molar-refractivity contribution in [2.45, 2.75) is 19.1 Å². The highest BCUT2D eigenvalue weighted by molar-refractivity contribution is 6.00. The van der Waals surface area contributed by atoms with Gasteiger partial charge in [-0.25, -0.2) is 0 Å². The van der Waals surface area contributed by atoms with Crippen LogP contribution in [0.4, 0.5) is 18.9 Å². The molecule has 0 bridgehead atoms. The first-order valence-corrected chi connectivity index (χ1v) is 6.67. The van der Waals surface area contributed by atoms with Gasteiger partial charge in [-0.05, 0) is 26.1 Å². The molecule has 1 aromatic carbocycles. The Hall–Kier alpha value is -1.76. The molecule has 1 unspecified atom stereocenters. The standard InChI is InChI=1S/C14H18F3N3O/c1-9-8-19(2)6-7-20(9)13(21)10-4-3-5-11(12(10)18)14(15,16)17/h3-5,9H,6-8,18H2,1-2H3. The Morgan fingerprint density at radius 2 is 2.00 bits per heavy atom. The number of piperazine rings is 1. The lowest BCUT2D eigenvalue weighted by molar-refractivity contribution is -0.136. The number of rotatable bonds is 1. The molecule has 1 amide bonds. The van der Waals surface area contributed by atoms with Gasteiger partial charge in [0.05, 0.1) is 16.8 Å². The fourth-order valence-electron chi connectivity index (χ4n) is 2.60. The maximum atomic E-state index is 12.9. The molecule has 0 spiro atoms. The molecule has 0 aromatic heterocycles. The molecule has 1 fully saturated rings. The van der Waals surface area contributed by atoms with Crippen molar-refractivity contribution in [3.8, 4) is 0 Å². The summed E-state index contributed by atoms with van der Waals surface area (Å²) in [6.45, 7) is 3.73. The van der Waals surface area contributed by atoms with Gasteiger partial charge in [0.2, 0.25) is 0 Å². The van der Waals surface area contributed by atoms with Crippen molar-refractivity contribution in [1.82, 2.24) is 9.80 Å². The number of amides is 1. The fraction of sp³-hybridized carbons (Fsp3) is 0.500. The smallest absolute Gasteiger partial charge is 0.398 e. The van der Waals surface area contributed by atoms with Crippen LogP contribution in [0.3, 0.4) is 0 Å². The van der Waals surface area contributed by atoms with Gasteiger partial charge in [-0.3, -0.25) is 4.79 Å². The Kier molecular flexibility index (Phi) is 4.13. The first-order chi connectivity index (χ1) is 9.71. The largest absolute Gasteiger partial charge is 0.418 e. The number of para-hydroxylation sites is 1. The second kappa shape index (κ2) is 5.55. The van der Waals surface area contributed by atoms with Crippen molar-refractivity contribution < 1.29 is 18.0 Å². The van der Waals surface area contributed by atoms with Crippen LogP contribution >= 0.6 is 0 Å². The molecule has 1 saturated heterocycles. The maximum Gasteiger partial charge on any atom is 0.418 e. The highest BCUT2D eigenvalue weighted by Gasteiger charge is 2.35. The number of carbonyl (C=O) groups excluding carboxylic acids is 1. The minimum atomic E-state index is -4.56. The zero-order valence-electron chi connectivity index (χ0n) is 11.9. The van der Waals surface area contributed by atoms with Gasteiger partial charge in [0.25, 0.3) is 5.91 Å². The molecule has 1 aliphatic heterocycles. The molecule has 0 aliphatic carbocycles. The lowest BCUT2D eigenvalue weighted by Gasteiger charge is -2.38. The molecule has 7 heteroatoms. The fourth-order valence-corrected chi connectivity index (χ4v) is 2.60. The predicted octanol–water partition coefficient (Wildman–Crippen LogP) is 2.06. The van der Waals surface area contributed by atoms with Crippen LogP contribution in [0.25, 0.3) is 0 Å². The Morgan fingerprint density at radius 1 is 1.33 bits per heavy atom.